The minimum Gasteiger partial charge on any atom is -0.469 e. The number of allylic oxidation sites excluding steroid dienone is 2. The molecule has 2 nitrogen and oxygen atoms in total. The van der Waals surface area contributed by atoms with Crippen molar-refractivity contribution in [1.29, 1.82) is 0 Å². The minimum atomic E-state index is -0.565. The molecule has 0 saturated heterocycles. The van der Waals surface area contributed by atoms with Crippen LogP contribution in [0, 0.1) is 11.6 Å². The number of carbonyl (C=O) groups excluding carboxylic acids is 1. The van der Waals surface area contributed by atoms with E-state index in [0.717, 1.165) is 6.07 Å². The number of rotatable bonds is 6. The first-order valence-corrected chi connectivity index (χ1v) is 5.79. The fourth-order valence-electron chi connectivity index (χ4n) is 1.50. The summed E-state index contributed by atoms with van der Waals surface area (Å²) in [4.78, 5) is 10.8. The van der Waals surface area contributed by atoms with E-state index in [9.17, 15) is 13.6 Å². The monoisotopic (exact) mass is 254 g/mol. The van der Waals surface area contributed by atoms with Crippen LogP contribution in [0.3, 0.4) is 0 Å². The fraction of sp³-hybridized carbons (Fsp3) is 0.357. The van der Waals surface area contributed by atoms with E-state index in [4.69, 9.17) is 0 Å². The Labute approximate surface area is 105 Å². The van der Waals surface area contributed by atoms with Crippen molar-refractivity contribution in [3.05, 3.63) is 47.5 Å². The van der Waals surface area contributed by atoms with Crippen LogP contribution >= 0.6 is 0 Å². The summed E-state index contributed by atoms with van der Waals surface area (Å²) < 4.78 is 30.4. The second-order valence-corrected chi connectivity index (χ2v) is 3.86. The molecule has 0 aliphatic carbocycles. The Bertz CT molecular complexity index is 428. The molecule has 0 fully saturated rings. The summed E-state index contributed by atoms with van der Waals surface area (Å²) in [5.74, 6) is -1.33. The molecule has 0 N–H and O–H groups in total. The molecule has 18 heavy (non-hydrogen) atoms. The third kappa shape index (κ3) is 5.08. The van der Waals surface area contributed by atoms with Crippen molar-refractivity contribution < 1.29 is 18.3 Å². The Morgan fingerprint density at radius 2 is 2.00 bits per heavy atom. The van der Waals surface area contributed by atoms with Crippen molar-refractivity contribution in [2.75, 3.05) is 7.11 Å². The summed E-state index contributed by atoms with van der Waals surface area (Å²) in [6.45, 7) is 0. The van der Waals surface area contributed by atoms with E-state index in [-0.39, 0.29) is 5.97 Å². The predicted octanol–water partition coefficient (Wildman–Crippen LogP) is 3.41. The van der Waals surface area contributed by atoms with Gasteiger partial charge < -0.3 is 4.74 Å². The molecule has 0 aliphatic rings. The summed E-state index contributed by atoms with van der Waals surface area (Å²) in [5.41, 5.74) is 0.494. The fourth-order valence-corrected chi connectivity index (χ4v) is 1.50. The lowest BCUT2D eigenvalue weighted by atomic mass is 10.1. The van der Waals surface area contributed by atoms with Gasteiger partial charge in [0, 0.05) is 12.5 Å². The van der Waals surface area contributed by atoms with Gasteiger partial charge >= 0.3 is 5.97 Å². The number of methoxy groups -OCH3 is 1. The third-order valence-corrected chi connectivity index (χ3v) is 2.50. The molecular weight excluding hydrogens is 238 g/mol. The third-order valence-electron chi connectivity index (χ3n) is 2.50. The molecule has 0 radical (unpaired) electrons. The molecule has 0 amide bonds. The molecule has 0 heterocycles. The minimum absolute atomic E-state index is 0.246. The Balaban J connectivity index is 2.29. The highest BCUT2D eigenvalue weighted by Crippen LogP contribution is 2.11. The van der Waals surface area contributed by atoms with Crippen molar-refractivity contribution in [2.24, 2.45) is 0 Å². The summed E-state index contributed by atoms with van der Waals surface area (Å²) in [6.07, 6.45) is 5.87. The van der Waals surface area contributed by atoms with Crippen LogP contribution in [0.2, 0.25) is 0 Å². The second-order valence-electron chi connectivity index (χ2n) is 3.86. The molecule has 0 spiro atoms. The number of esters is 1. The summed E-state index contributed by atoms with van der Waals surface area (Å²) in [6, 6.07) is 3.59. The first-order chi connectivity index (χ1) is 8.63. The number of aryl methyl sites for hydroxylation is 1. The Morgan fingerprint density at radius 1 is 1.28 bits per heavy atom. The van der Waals surface area contributed by atoms with Gasteiger partial charge in [0.25, 0.3) is 0 Å². The van der Waals surface area contributed by atoms with E-state index >= 15 is 0 Å². The van der Waals surface area contributed by atoms with Crippen LogP contribution in [0.15, 0.2) is 30.4 Å². The zero-order valence-corrected chi connectivity index (χ0v) is 10.3. The number of halogens is 2. The van der Waals surface area contributed by atoms with E-state index in [0.29, 0.717) is 31.2 Å². The lowest BCUT2D eigenvalue weighted by molar-refractivity contribution is -0.140. The van der Waals surface area contributed by atoms with Crippen LogP contribution in [-0.4, -0.2) is 13.1 Å². The van der Waals surface area contributed by atoms with Gasteiger partial charge in [-0.15, -0.1) is 0 Å². The Hall–Kier alpha value is -1.71. The first-order valence-electron chi connectivity index (χ1n) is 5.79. The largest absolute Gasteiger partial charge is 0.469 e. The maximum Gasteiger partial charge on any atom is 0.305 e. The average Bonchev–Trinajstić information content (AvgIpc) is 2.35. The summed E-state index contributed by atoms with van der Waals surface area (Å²) in [7, 11) is 1.35. The average molecular weight is 254 g/mol. The molecule has 0 atom stereocenters. The van der Waals surface area contributed by atoms with E-state index in [1.165, 1.54) is 19.2 Å². The molecular formula is C14H16F2O2. The number of hydrogen-bond acceptors (Lipinski definition) is 2. The SMILES string of the molecule is COC(=O)CC/C=C/CCc1ccc(F)cc1F. The van der Waals surface area contributed by atoms with Gasteiger partial charge in [-0.05, 0) is 30.9 Å². The molecule has 98 valence electrons. The quantitative estimate of drug-likeness (QED) is 0.574. The highest BCUT2D eigenvalue weighted by molar-refractivity contribution is 5.69. The number of hydrogen-bond donors (Lipinski definition) is 0. The standard InChI is InChI=1S/C14H16F2O2/c1-18-14(17)7-5-3-2-4-6-11-8-9-12(15)10-13(11)16/h2-3,8-10H,4-7H2,1H3/b3-2+. The summed E-state index contributed by atoms with van der Waals surface area (Å²) >= 11 is 0. The van der Waals surface area contributed by atoms with Gasteiger partial charge in [-0.25, -0.2) is 8.78 Å². The van der Waals surface area contributed by atoms with Gasteiger partial charge in [0.05, 0.1) is 7.11 Å². The molecule has 1 aromatic carbocycles. The molecule has 4 heteroatoms. The Morgan fingerprint density at radius 3 is 2.67 bits per heavy atom. The van der Waals surface area contributed by atoms with Gasteiger partial charge in [0.15, 0.2) is 0 Å². The van der Waals surface area contributed by atoms with Crippen molar-refractivity contribution in [3.8, 4) is 0 Å². The smallest absolute Gasteiger partial charge is 0.305 e. The highest BCUT2D eigenvalue weighted by atomic mass is 19.1. The molecule has 1 rings (SSSR count). The number of benzene rings is 1. The lowest BCUT2D eigenvalue weighted by Gasteiger charge is -2.00. The van der Waals surface area contributed by atoms with E-state index in [2.05, 4.69) is 4.74 Å². The second kappa shape index (κ2) is 7.58. The Kier molecular flexibility index (Phi) is 6.05. The van der Waals surface area contributed by atoms with Crippen molar-refractivity contribution in [3.63, 3.8) is 0 Å². The molecule has 0 unspecified atom stereocenters. The molecule has 0 saturated carbocycles. The lowest BCUT2D eigenvalue weighted by Crippen LogP contribution is -1.98. The molecule has 0 aliphatic heterocycles. The normalized spacial score (nSPS) is 10.8. The van der Waals surface area contributed by atoms with Crippen LogP contribution < -0.4 is 0 Å². The molecule has 1 aromatic rings. The predicted molar refractivity (Wildman–Crippen MR) is 65.1 cm³/mol. The summed E-state index contributed by atoms with van der Waals surface area (Å²) in [5, 5.41) is 0. The van der Waals surface area contributed by atoms with E-state index in [1.807, 2.05) is 12.2 Å². The van der Waals surface area contributed by atoms with Crippen LogP contribution in [-0.2, 0) is 16.0 Å². The first kappa shape index (κ1) is 14.4. The van der Waals surface area contributed by atoms with Crippen molar-refractivity contribution >= 4 is 5.97 Å². The van der Waals surface area contributed by atoms with Crippen LogP contribution in [0.4, 0.5) is 8.78 Å². The van der Waals surface area contributed by atoms with E-state index in [1.54, 1.807) is 0 Å². The van der Waals surface area contributed by atoms with Crippen LogP contribution in [0.25, 0.3) is 0 Å². The topological polar surface area (TPSA) is 26.3 Å². The maximum atomic E-state index is 13.3. The van der Waals surface area contributed by atoms with Crippen LogP contribution in [0.1, 0.15) is 24.8 Å². The van der Waals surface area contributed by atoms with Crippen molar-refractivity contribution in [1.82, 2.24) is 0 Å². The zero-order valence-electron chi connectivity index (χ0n) is 10.3. The van der Waals surface area contributed by atoms with Gasteiger partial charge in [0.2, 0.25) is 0 Å². The number of ether oxygens (including phenoxy) is 1. The zero-order chi connectivity index (χ0) is 13.4. The van der Waals surface area contributed by atoms with Crippen LogP contribution in [0.5, 0.6) is 0 Å². The number of carbonyl (C=O) groups is 1. The molecule has 0 bridgehead atoms. The van der Waals surface area contributed by atoms with Gasteiger partial charge in [-0.1, -0.05) is 18.2 Å². The van der Waals surface area contributed by atoms with Gasteiger partial charge in [-0.2, -0.15) is 0 Å². The highest BCUT2D eigenvalue weighted by Gasteiger charge is 2.02. The van der Waals surface area contributed by atoms with Crippen molar-refractivity contribution in [2.45, 2.75) is 25.7 Å². The maximum absolute atomic E-state index is 13.3. The van der Waals surface area contributed by atoms with Gasteiger partial charge in [-0.3, -0.25) is 4.79 Å². The molecule has 0 aromatic heterocycles. The van der Waals surface area contributed by atoms with E-state index < -0.39 is 11.6 Å². The van der Waals surface area contributed by atoms with Gasteiger partial charge in [0.1, 0.15) is 11.6 Å².